The Morgan fingerprint density at radius 1 is 1.18 bits per heavy atom. The van der Waals surface area contributed by atoms with E-state index in [9.17, 15) is 4.79 Å². The zero-order valence-corrected chi connectivity index (χ0v) is 17.0. The molecule has 1 aliphatic heterocycles. The van der Waals surface area contributed by atoms with Gasteiger partial charge in [0.15, 0.2) is 16.7 Å². The van der Waals surface area contributed by atoms with E-state index in [1.54, 1.807) is 18.2 Å². The second kappa shape index (κ2) is 9.03. The summed E-state index contributed by atoms with van der Waals surface area (Å²) < 4.78 is 16.9. The predicted molar refractivity (Wildman–Crippen MR) is 112 cm³/mol. The molecule has 0 aliphatic carbocycles. The number of benzene rings is 2. The molecule has 0 saturated heterocycles. The first-order chi connectivity index (χ1) is 13.5. The molecule has 0 bridgehead atoms. The third-order valence-corrected chi connectivity index (χ3v) is 4.96. The van der Waals surface area contributed by atoms with Gasteiger partial charge in [-0.3, -0.25) is 4.79 Å². The van der Waals surface area contributed by atoms with Gasteiger partial charge in [0, 0.05) is 0 Å². The van der Waals surface area contributed by atoms with Crippen LogP contribution in [0.5, 0.6) is 17.2 Å². The molecule has 2 aromatic carbocycles. The van der Waals surface area contributed by atoms with Gasteiger partial charge in [-0.15, -0.1) is 0 Å². The summed E-state index contributed by atoms with van der Waals surface area (Å²) in [5.41, 5.74) is 7.31. The standard InChI is InChI=1S/C20H19ClN2O4S/c1-12-5-3-4-6-15(12)26-7-8-27-18-14(21)9-13(10-16(18)25-2)11-17-19(24)23-20(22)28-17/h3-6,9-11H,7-8H2,1-2H3,(H2,22,23,24)/b17-11-. The van der Waals surface area contributed by atoms with Crippen molar-refractivity contribution in [3.05, 3.63) is 57.5 Å². The number of hydrogen-bond acceptors (Lipinski definition) is 6. The lowest BCUT2D eigenvalue weighted by Gasteiger charge is -2.14. The number of carbonyl (C=O) groups excluding carboxylic acids is 1. The molecular formula is C20H19ClN2O4S. The number of aryl methyl sites for hydroxylation is 1. The fourth-order valence-corrected chi connectivity index (χ4v) is 3.51. The molecule has 1 aliphatic rings. The number of aliphatic imine (C=N–C) groups is 1. The number of amides is 1. The van der Waals surface area contributed by atoms with Crippen LogP contribution in [0.15, 0.2) is 46.3 Å². The number of hydrogen-bond donors (Lipinski definition) is 1. The first kappa shape index (κ1) is 20.1. The van der Waals surface area contributed by atoms with Crippen molar-refractivity contribution in [2.24, 2.45) is 10.7 Å². The summed E-state index contributed by atoms with van der Waals surface area (Å²) in [7, 11) is 1.52. The number of methoxy groups -OCH3 is 1. The number of nitrogens with two attached hydrogens (primary N) is 1. The predicted octanol–water partition coefficient (Wildman–Crippen LogP) is 4.04. The summed E-state index contributed by atoms with van der Waals surface area (Å²) in [4.78, 5) is 15.9. The normalized spacial score (nSPS) is 14.9. The van der Waals surface area contributed by atoms with Crippen molar-refractivity contribution in [3.63, 3.8) is 0 Å². The molecule has 8 heteroatoms. The smallest absolute Gasteiger partial charge is 0.286 e. The van der Waals surface area contributed by atoms with Gasteiger partial charge in [-0.1, -0.05) is 29.8 Å². The fraction of sp³-hybridized carbons (Fsp3) is 0.200. The minimum atomic E-state index is -0.369. The monoisotopic (exact) mass is 418 g/mol. The van der Waals surface area contributed by atoms with Gasteiger partial charge < -0.3 is 19.9 Å². The van der Waals surface area contributed by atoms with Crippen LogP contribution in [-0.4, -0.2) is 31.4 Å². The van der Waals surface area contributed by atoms with E-state index >= 15 is 0 Å². The third-order valence-electron chi connectivity index (χ3n) is 3.87. The van der Waals surface area contributed by atoms with Crippen molar-refractivity contribution >= 4 is 40.5 Å². The number of nitrogens with zero attached hydrogens (tertiary/aromatic N) is 1. The van der Waals surface area contributed by atoms with Crippen LogP contribution in [-0.2, 0) is 4.79 Å². The molecule has 0 saturated carbocycles. The number of para-hydroxylation sites is 1. The maximum absolute atomic E-state index is 11.8. The molecular weight excluding hydrogens is 400 g/mol. The fourth-order valence-electron chi connectivity index (χ4n) is 2.55. The molecule has 0 aromatic heterocycles. The summed E-state index contributed by atoms with van der Waals surface area (Å²) in [6, 6.07) is 11.2. The molecule has 1 heterocycles. The molecule has 0 fully saturated rings. The van der Waals surface area contributed by atoms with Crippen LogP contribution >= 0.6 is 23.4 Å². The first-order valence-electron chi connectivity index (χ1n) is 8.44. The molecule has 2 N–H and O–H groups in total. The zero-order chi connectivity index (χ0) is 20.1. The van der Waals surface area contributed by atoms with Crippen LogP contribution in [0.3, 0.4) is 0 Å². The summed E-state index contributed by atoms with van der Waals surface area (Å²) >= 11 is 7.48. The molecule has 28 heavy (non-hydrogen) atoms. The Bertz CT molecular complexity index is 959. The van der Waals surface area contributed by atoms with Crippen LogP contribution < -0.4 is 19.9 Å². The number of thioether (sulfide) groups is 1. The van der Waals surface area contributed by atoms with Gasteiger partial charge in [0.25, 0.3) is 5.91 Å². The minimum absolute atomic E-state index is 0.225. The second-order valence-corrected chi connectivity index (χ2v) is 7.33. The van der Waals surface area contributed by atoms with E-state index in [0.717, 1.165) is 23.1 Å². The Balaban J connectivity index is 1.67. The lowest BCUT2D eigenvalue weighted by atomic mass is 10.2. The van der Waals surface area contributed by atoms with E-state index in [0.29, 0.717) is 40.2 Å². The van der Waals surface area contributed by atoms with Gasteiger partial charge >= 0.3 is 0 Å². The van der Waals surface area contributed by atoms with Gasteiger partial charge in [-0.2, -0.15) is 4.99 Å². The van der Waals surface area contributed by atoms with Crippen molar-refractivity contribution in [1.29, 1.82) is 0 Å². The van der Waals surface area contributed by atoms with Crippen LogP contribution in [0.2, 0.25) is 5.02 Å². The van der Waals surface area contributed by atoms with Crippen molar-refractivity contribution in [2.75, 3.05) is 20.3 Å². The largest absolute Gasteiger partial charge is 0.493 e. The average molecular weight is 419 g/mol. The molecule has 0 unspecified atom stereocenters. The zero-order valence-electron chi connectivity index (χ0n) is 15.4. The molecule has 0 spiro atoms. The lowest BCUT2D eigenvalue weighted by molar-refractivity contribution is -0.113. The molecule has 6 nitrogen and oxygen atoms in total. The van der Waals surface area contributed by atoms with E-state index in [2.05, 4.69) is 4.99 Å². The van der Waals surface area contributed by atoms with Gasteiger partial charge in [0.05, 0.1) is 17.0 Å². The Hall–Kier alpha value is -2.64. The highest BCUT2D eigenvalue weighted by Gasteiger charge is 2.20. The summed E-state index contributed by atoms with van der Waals surface area (Å²) in [6.07, 6.45) is 1.66. The minimum Gasteiger partial charge on any atom is -0.493 e. The molecule has 146 valence electrons. The highest BCUT2D eigenvalue weighted by Crippen LogP contribution is 2.38. The number of amidine groups is 1. The third kappa shape index (κ3) is 4.79. The van der Waals surface area contributed by atoms with Crippen molar-refractivity contribution in [1.82, 2.24) is 0 Å². The highest BCUT2D eigenvalue weighted by atomic mass is 35.5. The number of halogens is 1. The lowest BCUT2D eigenvalue weighted by Crippen LogP contribution is -2.10. The highest BCUT2D eigenvalue weighted by molar-refractivity contribution is 8.18. The van der Waals surface area contributed by atoms with E-state index in [4.69, 9.17) is 31.5 Å². The van der Waals surface area contributed by atoms with Crippen LogP contribution in [0, 0.1) is 6.92 Å². The average Bonchev–Trinajstić information content (AvgIpc) is 2.98. The Labute approximate surface area is 172 Å². The maximum Gasteiger partial charge on any atom is 0.286 e. The molecule has 0 atom stereocenters. The van der Waals surface area contributed by atoms with Crippen molar-refractivity contribution in [2.45, 2.75) is 6.92 Å². The molecule has 3 rings (SSSR count). The summed E-state index contributed by atoms with van der Waals surface area (Å²) in [6.45, 7) is 2.64. The number of ether oxygens (including phenoxy) is 3. The topological polar surface area (TPSA) is 83.1 Å². The van der Waals surface area contributed by atoms with E-state index in [1.165, 1.54) is 7.11 Å². The van der Waals surface area contributed by atoms with Crippen LogP contribution in [0.1, 0.15) is 11.1 Å². The molecule has 0 radical (unpaired) electrons. The number of rotatable bonds is 7. The quantitative estimate of drug-likeness (QED) is 0.539. The second-order valence-electron chi connectivity index (χ2n) is 5.86. The molecule has 1 amide bonds. The van der Waals surface area contributed by atoms with Crippen LogP contribution in [0.4, 0.5) is 0 Å². The van der Waals surface area contributed by atoms with Gasteiger partial charge in [0.1, 0.15) is 19.0 Å². The Kier molecular flexibility index (Phi) is 6.49. The Morgan fingerprint density at radius 2 is 1.93 bits per heavy atom. The van der Waals surface area contributed by atoms with Crippen LogP contribution in [0.25, 0.3) is 6.08 Å². The maximum atomic E-state index is 11.8. The van der Waals surface area contributed by atoms with Gasteiger partial charge in [-0.05, 0) is 54.1 Å². The first-order valence-corrected chi connectivity index (χ1v) is 9.64. The summed E-state index contributed by atoms with van der Waals surface area (Å²) in [5, 5.41) is 0.592. The van der Waals surface area contributed by atoms with E-state index in [-0.39, 0.29) is 11.1 Å². The number of carbonyl (C=O) groups is 1. The van der Waals surface area contributed by atoms with Gasteiger partial charge in [0.2, 0.25) is 0 Å². The summed E-state index contributed by atoms with van der Waals surface area (Å²) in [5.74, 6) is 1.32. The Morgan fingerprint density at radius 3 is 2.61 bits per heavy atom. The SMILES string of the molecule is COc1cc(/C=C2\SC(N)=NC2=O)cc(Cl)c1OCCOc1ccccc1C. The van der Waals surface area contributed by atoms with Crippen molar-refractivity contribution in [3.8, 4) is 17.2 Å². The molecule has 2 aromatic rings. The van der Waals surface area contributed by atoms with Crippen molar-refractivity contribution < 1.29 is 19.0 Å². The van der Waals surface area contributed by atoms with E-state index < -0.39 is 0 Å². The van der Waals surface area contributed by atoms with E-state index in [1.807, 2.05) is 31.2 Å². The van der Waals surface area contributed by atoms with Gasteiger partial charge in [-0.25, -0.2) is 0 Å².